The normalized spacial score (nSPS) is 24.2. The van der Waals surface area contributed by atoms with Gasteiger partial charge in [0.05, 0.1) is 17.6 Å². The summed E-state index contributed by atoms with van der Waals surface area (Å²) in [6.45, 7) is 3.83. The number of para-hydroxylation sites is 2. The minimum atomic E-state index is -0.831. The molecule has 0 aliphatic carbocycles. The maximum atomic E-state index is 12.3. The highest BCUT2D eigenvalue weighted by Gasteiger charge is 2.29. The van der Waals surface area contributed by atoms with Gasteiger partial charge in [0.15, 0.2) is 0 Å². The van der Waals surface area contributed by atoms with Gasteiger partial charge in [-0.2, -0.15) is 0 Å². The molecule has 2 bridgehead atoms. The van der Waals surface area contributed by atoms with Crippen molar-refractivity contribution in [3.63, 3.8) is 0 Å². The second-order valence-electron chi connectivity index (χ2n) is 7.82. The highest BCUT2D eigenvalue weighted by Crippen LogP contribution is 2.33. The van der Waals surface area contributed by atoms with E-state index < -0.39 is 12.1 Å². The zero-order valence-corrected chi connectivity index (χ0v) is 15.9. The Morgan fingerprint density at radius 2 is 1.68 bits per heavy atom. The molecule has 4 heterocycles. The summed E-state index contributed by atoms with van der Waals surface area (Å²) in [7, 11) is 0. The van der Waals surface area contributed by atoms with E-state index >= 15 is 0 Å². The Hall–Kier alpha value is -2.63. The first-order chi connectivity index (χ1) is 13.7. The quantitative estimate of drug-likeness (QED) is 0.695. The molecule has 0 saturated carbocycles. The molecule has 1 amide bonds. The van der Waals surface area contributed by atoms with Crippen LogP contribution in [0.4, 0.5) is 0 Å². The van der Waals surface area contributed by atoms with Crippen molar-refractivity contribution in [1.29, 1.82) is 0 Å². The van der Waals surface area contributed by atoms with Gasteiger partial charge in [-0.3, -0.25) is 9.69 Å². The molecule has 3 fully saturated rings. The number of fused-ring (bicyclic) bond motifs is 6. The van der Waals surface area contributed by atoms with Crippen LogP contribution in [0.3, 0.4) is 0 Å². The number of piperidine rings is 3. The van der Waals surface area contributed by atoms with Crippen LogP contribution >= 0.6 is 0 Å². The number of carbonyl (C=O) groups excluding carboxylic acids is 1. The van der Waals surface area contributed by atoms with Crippen LogP contribution in [-0.4, -0.2) is 41.6 Å². The number of benzene rings is 2. The monoisotopic (exact) mass is 375 g/mol. The average Bonchev–Trinajstić information content (AvgIpc) is 3.06. The van der Waals surface area contributed by atoms with Gasteiger partial charge in [0.1, 0.15) is 0 Å². The fraction of sp³-hybridized carbons (Fsp3) is 0.348. The summed E-state index contributed by atoms with van der Waals surface area (Å²) < 4.78 is 8.00. The lowest BCUT2D eigenvalue weighted by atomic mass is 9.84. The van der Waals surface area contributed by atoms with E-state index in [9.17, 15) is 4.79 Å². The Morgan fingerprint density at radius 3 is 2.21 bits per heavy atom. The molecule has 28 heavy (non-hydrogen) atoms. The molecule has 0 radical (unpaired) electrons. The summed E-state index contributed by atoms with van der Waals surface area (Å²) in [5, 5.41) is 2.20. The van der Waals surface area contributed by atoms with Crippen LogP contribution in [0.1, 0.15) is 19.1 Å². The van der Waals surface area contributed by atoms with Gasteiger partial charge in [-0.05, 0) is 44.0 Å². The molecule has 3 saturated heterocycles. The van der Waals surface area contributed by atoms with Crippen molar-refractivity contribution in [2.75, 3.05) is 26.2 Å². The van der Waals surface area contributed by atoms with E-state index in [2.05, 4.69) is 23.1 Å². The molecule has 2 N–H and O–H groups in total. The van der Waals surface area contributed by atoms with Gasteiger partial charge < -0.3 is 15.0 Å². The van der Waals surface area contributed by atoms with Gasteiger partial charge in [-0.15, -0.1) is 0 Å². The molecule has 5 heteroatoms. The summed E-state index contributed by atoms with van der Waals surface area (Å²) in [5.41, 5.74) is 9.15. The Balaban J connectivity index is 1.48. The Labute approximate surface area is 164 Å². The summed E-state index contributed by atoms with van der Waals surface area (Å²) in [6, 6.07) is 16.1. The Kier molecular flexibility index (Phi) is 4.41. The number of primary amides is 1. The minimum Gasteiger partial charge on any atom is -0.366 e. The molecule has 5 nitrogen and oxygen atoms in total. The second kappa shape index (κ2) is 7.08. The summed E-state index contributed by atoms with van der Waals surface area (Å²) >= 11 is 0. The molecule has 1 atom stereocenters. The van der Waals surface area contributed by atoms with Gasteiger partial charge in [0.2, 0.25) is 6.23 Å². The van der Waals surface area contributed by atoms with E-state index in [1.165, 1.54) is 31.5 Å². The number of carbonyl (C=O) groups is 1. The lowest BCUT2D eigenvalue weighted by Gasteiger charge is -2.41. The highest BCUT2D eigenvalue weighted by molar-refractivity contribution is 6.08. The van der Waals surface area contributed by atoms with Gasteiger partial charge >= 0.3 is 0 Å². The number of hydrogen-bond acceptors (Lipinski definition) is 3. The molecule has 6 rings (SSSR count). The van der Waals surface area contributed by atoms with E-state index in [4.69, 9.17) is 10.5 Å². The SMILES string of the molecule is NC(=O)C(OCC=C1CN2CCC1CC2)n1c2ccccc2c2ccccc21. The molecule has 1 aromatic heterocycles. The number of hydrogen-bond donors (Lipinski definition) is 1. The summed E-state index contributed by atoms with van der Waals surface area (Å²) in [6.07, 6.45) is 3.80. The fourth-order valence-electron chi connectivity index (χ4n) is 4.82. The first kappa shape index (κ1) is 17.5. The molecule has 3 aliphatic heterocycles. The molecular formula is C23H25N3O2. The van der Waals surface area contributed by atoms with Gasteiger partial charge in [0, 0.05) is 17.3 Å². The number of amides is 1. The topological polar surface area (TPSA) is 60.5 Å². The molecule has 1 unspecified atom stereocenters. The standard InChI is InChI=1S/C23H25N3O2/c24-22(27)23(28-14-11-17-15-25-12-9-16(17)10-13-25)26-20-7-3-1-5-18(20)19-6-2-4-8-21(19)26/h1-8,11,16,23H,9-10,12-15H2,(H2,24,27). The predicted octanol–water partition coefficient (Wildman–Crippen LogP) is 3.45. The number of nitrogens with two attached hydrogens (primary N) is 1. The first-order valence-electron chi connectivity index (χ1n) is 10.0. The van der Waals surface area contributed by atoms with Crippen LogP contribution in [0, 0.1) is 5.92 Å². The van der Waals surface area contributed by atoms with Crippen LogP contribution in [0.5, 0.6) is 0 Å². The Bertz CT molecular complexity index is 1010. The first-order valence-corrected chi connectivity index (χ1v) is 10.0. The van der Waals surface area contributed by atoms with Gasteiger partial charge in [-0.1, -0.05) is 48.0 Å². The molecule has 144 valence electrons. The average molecular weight is 375 g/mol. The van der Waals surface area contributed by atoms with E-state index in [1.807, 2.05) is 41.0 Å². The van der Waals surface area contributed by atoms with Crippen LogP contribution in [0.25, 0.3) is 21.8 Å². The smallest absolute Gasteiger partial charge is 0.268 e. The number of ether oxygens (including phenoxy) is 1. The van der Waals surface area contributed by atoms with Crippen molar-refractivity contribution in [1.82, 2.24) is 9.47 Å². The van der Waals surface area contributed by atoms with E-state index in [1.54, 1.807) is 0 Å². The third-order valence-corrected chi connectivity index (χ3v) is 6.21. The Morgan fingerprint density at radius 1 is 1.07 bits per heavy atom. The predicted molar refractivity (Wildman–Crippen MR) is 111 cm³/mol. The van der Waals surface area contributed by atoms with Crippen molar-refractivity contribution >= 4 is 27.7 Å². The minimum absolute atomic E-state index is 0.397. The third kappa shape index (κ3) is 2.91. The maximum absolute atomic E-state index is 12.3. The van der Waals surface area contributed by atoms with Crippen molar-refractivity contribution in [3.8, 4) is 0 Å². The van der Waals surface area contributed by atoms with Crippen LogP contribution < -0.4 is 5.73 Å². The molecular weight excluding hydrogens is 350 g/mol. The third-order valence-electron chi connectivity index (χ3n) is 6.21. The molecule has 3 aliphatic rings. The zero-order chi connectivity index (χ0) is 19.1. The van der Waals surface area contributed by atoms with Crippen molar-refractivity contribution < 1.29 is 9.53 Å². The largest absolute Gasteiger partial charge is 0.366 e. The molecule has 2 aromatic carbocycles. The summed E-state index contributed by atoms with van der Waals surface area (Å²) in [5.74, 6) is 0.202. The fourth-order valence-corrected chi connectivity index (χ4v) is 4.82. The number of nitrogens with zero attached hydrogens (tertiary/aromatic N) is 2. The number of aromatic nitrogens is 1. The molecule has 3 aromatic rings. The zero-order valence-electron chi connectivity index (χ0n) is 15.9. The highest BCUT2D eigenvalue weighted by atomic mass is 16.5. The maximum Gasteiger partial charge on any atom is 0.268 e. The van der Waals surface area contributed by atoms with Gasteiger partial charge in [0.25, 0.3) is 5.91 Å². The van der Waals surface area contributed by atoms with Crippen LogP contribution in [0.2, 0.25) is 0 Å². The van der Waals surface area contributed by atoms with E-state index in [0.717, 1.165) is 28.4 Å². The van der Waals surface area contributed by atoms with E-state index in [-0.39, 0.29) is 0 Å². The van der Waals surface area contributed by atoms with E-state index in [0.29, 0.717) is 12.5 Å². The summed E-state index contributed by atoms with van der Waals surface area (Å²) in [4.78, 5) is 14.8. The lowest BCUT2D eigenvalue weighted by Crippen LogP contribution is -2.43. The second-order valence-corrected chi connectivity index (χ2v) is 7.82. The van der Waals surface area contributed by atoms with Crippen molar-refractivity contribution in [2.24, 2.45) is 11.7 Å². The molecule has 0 spiro atoms. The number of rotatable bonds is 5. The van der Waals surface area contributed by atoms with Crippen LogP contribution in [0.15, 0.2) is 60.2 Å². The van der Waals surface area contributed by atoms with Gasteiger partial charge in [-0.25, -0.2) is 0 Å². The van der Waals surface area contributed by atoms with Crippen LogP contribution in [-0.2, 0) is 9.53 Å². The lowest BCUT2D eigenvalue weighted by molar-refractivity contribution is -0.133. The van der Waals surface area contributed by atoms with Crippen molar-refractivity contribution in [2.45, 2.75) is 19.1 Å². The van der Waals surface area contributed by atoms with Crippen molar-refractivity contribution in [3.05, 3.63) is 60.2 Å².